The van der Waals surface area contributed by atoms with Crippen molar-refractivity contribution in [2.45, 2.75) is 38.8 Å². The van der Waals surface area contributed by atoms with Crippen LogP contribution in [-0.2, 0) is 9.53 Å². The predicted octanol–water partition coefficient (Wildman–Crippen LogP) is 0.895. The molecule has 8 nitrogen and oxygen atoms in total. The van der Waals surface area contributed by atoms with Crippen molar-refractivity contribution < 1.29 is 24.0 Å². The van der Waals surface area contributed by atoms with Crippen LogP contribution in [0.3, 0.4) is 0 Å². The second kappa shape index (κ2) is 5.72. The molecule has 21 heavy (non-hydrogen) atoms. The van der Waals surface area contributed by atoms with Crippen molar-refractivity contribution in [1.82, 2.24) is 15.8 Å². The molecular weight excluding hydrogens is 278 g/mol. The molecule has 1 aliphatic heterocycles. The van der Waals surface area contributed by atoms with E-state index in [9.17, 15) is 14.7 Å². The van der Waals surface area contributed by atoms with Gasteiger partial charge in [-0.05, 0) is 20.8 Å². The summed E-state index contributed by atoms with van der Waals surface area (Å²) in [5, 5.41) is 18.3. The Morgan fingerprint density at radius 3 is 2.62 bits per heavy atom. The molecule has 1 saturated heterocycles. The number of hydrogen-bond acceptors (Lipinski definition) is 5. The van der Waals surface area contributed by atoms with Crippen molar-refractivity contribution in [3.8, 4) is 0 Å². The molecule has 2 atom stereocenters. The first-order valence-corrected chi connectivity index (χ1v) is 6.68. The van der Waals surface area contributed by atoms with Crippen LogP contribution in [0, 0.1) is 13.8 Å². The van der Waals surface area contributed by atoms with Crippen LogP contribution in [0.5, 0.6) is 0 Å². The van der Waals surface area contributed by atoms with E-state index < -0.39 is 17.5 Å². The molecule has 1 aromatic rings. The molecule has 3 N–H and O–H groups in total. The van der Waals surface area contributed by atoms with Crippen LogP contribution in [0.4, 0.5) is 4.79 Å². The van der Waals surface area contributed by atoms with Crippen LogP contribution < -0.4 is 10.6 Å². The highest BCUT2D eigenvalue weighted by molar-refractivity contribution is 5.86. The zero-order chi connectivity index (χ0) is 15.6. The summed E-state index contributed by atoms with van der Waals surface area (Å²) in [5.41, 5.74) is 0.123. The summed E-state index contributed by atoms with van der Waals surface area (Å²) in [4.78, 5) is 23.4. The fourth-order valence-electron chi connectivity index (χ4n) is 2.52. The van der Waals surface area contributed by atoms with E-state index in [-0.39, 0.29) is 19.1 Å². The van der Waals surface area contributed by atoms with Gasteiger partial charge < -0.3 is 25.0 Å². The minimum absolute atomic E-state index is 0.0323. The third-order valence-corrected chi connectivity index (χ3v) is 3.65. The Hall–Kier alpha value is -2.09. The lowest BCUT2D eigenvalue weighted by molar-refractivity contribution is -0.144. The number of amides is 2. The van der Waals surface area contributed by atoms with Gasteiger partial charge in [-0.15, -0.1) is 0 Å². The van der Waals surface area contributed by atoms with Gasteiger partial charge in [-0.25, -0.2) is 9.59 Å². The van der Waals surface area contributed by atoms with Crippen molar-refractivity contribution in [3.05, 3.63) is 17.0 Å². The van der Waals surface area contributed by atoms with Crippen molar-refractivity contribution >= 4 is 12.0 Å². The smallest absolute Gasteiger partial charge is 0.332 e. The predicted molar refractivity (Wildman–Crippen MR) is 71.9 cm³/mol. The number of aliphatic carboxylic acids is 1. The van der Waals surface area contributed by atoms with Gasteiger partial charge in [-0.2, -0.15) is 0 Å². The fourth-order valence-corrected chi connectivity index (χ4v) is 2.52. The van der Waals surface area contributed by atoms with E-state index in [1.54, 1.807) is 20.8 Å². The lowest BCUT2D eigenvalue weighted by Gasteiger charge is -2.25. The molecule has 116 valence electrons. The largest absolute Gasteiger partial charge is 0.479 e. The highest BCUT2D eigenvalue weighted by Crippen LogP contribution is 2.22. The molecule has 0 aliphatic carbocycles. The Morgan fingerprint density at radius 2 is 2.14 bits per heavy atom. The number of carbonyl (C=O) groups is 2. The number of hydrogen-bond donors (Lipinski definition) is 3. The number of nitrogens with zero attached hydrogens (tertiary/aromatic N) is 1. The van der Waals surface area contributed by atoms with Crippen molar-refractivity contribution in [3.63, 3.8) is 0 Å². The highest BCUT2D eigenvalue weighted by atomic mass is 16.5. The maximum Gasteiger partial charge on any atom is 0.332 e. The Labute approximate surface area is 121 Å². The van der Waals surface area contributed by atoms with Crippen LogP contribution in [0.1, 0.15) is 36.4 Å². The third kappa shape index (κ3) is 2.99. The molecule has 1 aliphatic rings. The molecule has 0 aromatic carbocycles. The second-order valence-electron chi connectivity index (χ2n) is 5.25. The van der Waals surface area contributed by atoms with Gasteiger partial charge in [0.05, 0.1) is 18.3 Å². The van der Waals surface area contributed by atoms with Crippen LogP contribution in [0.25, 0.3) is 0 Å². The number of carboxylic acids is 1. The molecule has 2 rings (SSSR count). The highest BCUT2D eigenvalue weighted by Gasteiger charge is 2.44. The van der Waals surface area contributed by atoms with Gasteiger partial charge in [-0.3, -0.25) is 0 Å². The first kappa shape index (κ1) is 15.3. The quantitative estimate of drug-likeness (QED) is 0.760. The first-order valence-electron chi connectivity index (χ1n) is 6.68. The standard InChI is InChI=1S/C13H19N3O5/c1-7(10-8(2)16-21-9(10)3)14-12(19)15-13(11(17)18)4-5-20-6-13/h7H,4-6H2,1-3H3,(H,17,18)(H2,14,15,19). The van der Waals surface area contributed by atoms with E-state index in [4.69, 9.17) is 9.26 Å². The fraction of sp³-hybridized carbons (Fsp3) is 0.615. The number of carbonyl (C=O) groups excluding carboxylic acids is 1. The molecule has 1 aromatic heterocycles. The number of carboxylic acid groups (broad SMARTS) is 1. The second-order valence-corrected chi connectivity index (χ2v) is 5.25. The van der Waals surface area contributed by atoms with E-state index in [0.29, 0.717) is 18.1 Å². The summed E-state index contributed by atoms with van der Waals surface area (Å²) in [6.45, 7) is 5.60. The number of ether oxygens (including phenoxy) is 1. The maximum absolute atomic E-state index is 12.0. The van der Waals surface area contributed by atoms with Crippen molar-refractivity contribution in [2.75, 3.05) is 13.2 Å². The average molecular weight is 297 g/mol. The minimum Gasteiger partial charge on any atom is -0.479 e. The van der Waals surface area contributed by atoms with E-state index in [1.807, 2.05) is 0 Å². The van der Waals surface area contributed by atoms with Gasteiger partial charge in [0.1, 0.15) is 5.76 Å². The molecule has 0 bridgehead atoms. The normalized spacial score (nSPS) is 22.8. The average Bonchev–Trinajstić information content (AvgIpc) is 2.97. The molecule has 2 heterocycles. The van der Waals surface area contributed by atoms with E-state index in [1.165, 1.54) is 0 Å². The first-order chi connectivity index (χ1) is 9.85. The third-order valence-electron chi connectivity index (χ3n) is 3.65. The van der Waals surface area contributed by atoms with Gasteiger partial charge in [0, 0.05) is 18.6 Å². The molecule has 2 amide bonds. The molecule has 2 unspecified atom stereocenters. The summed E-state index contributed by atoms with van der Waals surface area (Å²) in [7, 11) is 0. The van der Waals surface area contributed by atoms with Gasteiger partial charge in [0.25, 0.3) is 0 Å². The summed E-state index contributed by atoms with van der Waals surface area (Å²) in [6, 6.07) is -0.903. The van der Waals surface area contributed by atoms with Gasteiger partial charge >= 0.3 is 12.0 Å². The lowest BCUT2D eigenvalue weighted by Crippen LogP contribution is -2.58. The molecule has 0 spiro atoms. The van der Waals surface area contributed by atoms with E-state index in [0.717, 1.165) is 5.56 Å². The molecule has 0 saturated carbocycles. The summed E-state index contributed by atoms with van der Waals surface area (Å²) in [5.74, 6) is -0.474. The monoisotopic (exact) mass is 297 g/mol. The zero-order valence-corrected chi connectivity index (χ0v) is 12.2. The van der Waals surface area contributed by atoms with Crippen LogP contribution in [0.2, 0.25) is 0 Å². The van der Waals surface area contributed by atoms with Crippen LogP contribution >= 0.6 is 0 Å². The van der Waals surface area contributed by atoms with Gasteiger partial charge in [0.2, 0.25) is 0 Å². The molecule has 0 radical (unpaired) electrons. The number of aromatic nitrogens is 1. The maximum atomic E-state index is 12.0. The van der Waals surface area contributed by atoms with Crippen LogP contribution in [-0.4, -0.2) is 41.0 Å². The zero-order valence-electron chi connectivity index (χ0n) is 12.2. The summed E-state index contributed by atoms with van der Waals surface area (Å²) < 4.78 is 10.1. The molecule has 8 heteroatoms. The summed E-state index contributed by atoms with van der Waals surface area (Å²) >= 11 is 0. The van der Waals surface area contributed by atoms with E-state index >= 15 is 0 Å². The lowest BCUT2D eigenvalue weighted by atomic mass is 9.99. The molecule has 1 fully saturated rings. The minimum atomic E-state index is -1.36. The Kier molecular flexibility index (Phi) is 4.17. The number of nitrogens with one attached hydrogen (secondary N) is 2. The Morgan fingerprint density at radius 1 is 1.43 bits per heavy atom. The SMILES string of the molecule is Cc1noc(C)c1C(C)NC(=O)NC1(C(=O)O)CCOC1. The number of urea groups is 1. The van der Waals surface area contributed by atoms with Gasteiger partial charge in [0.15, 0.2) is 5.54 Å². The number of rotatable bonds is 4. The molecular formula is C13H19N3O5. The van der Waals surface area contributed by atoms with Gasteiger partial charge in [-0.1, -0.05) is 5.16 Å². The van der Waals surface area contributed by atoms with Crippen molar-refractivity contribution in [1.29, 1.82) is 0 Å². The number of aryl methyl sites for hydroxylation is 2. The Bertz CT molecular complexity index is 529. The van der Waals surface area contributed by atoms with Crippen molar-refractivity contribution in [2.24, 2.45) is 0 Å². The topological polar surface area (TPSA) is 114 Å². The van der Waals surface area contributed by atoms with Crippen LogP contribution in [0.15, 0.2) is 4.52 Å². The van der Waals surface area contributed by atoms with E-state index in [2.05, 4.69) is 15.8 Å². The summed E-state index contributed by atoms with van der Waals surface area (Å²) in [6.07, 6.45) is 0.245. The Balaban J connectivity index is 2.03.